The topological polar surface area (TPSA) is 61.9 Å². The van der Waals surface area contributed by atoms with Crippen LogP contribution < -0.4 is 10.1 Å². The molecule has 6 nitrogen and oxygen atoms in total. The maximum absolute atomic E-state index is 12.5. The highest BCUT2D eigenvalue weighted by Crippen LogP contribution is 2.27. The first-order valence-electron chi connectivity index (χ1n) is 9.68. The fraction of sp³-hybridized carbons (Fsp3) is 0.364. The first-order valence-corrected chi connectivity index (χ1v) is 10.1. The van der Waals surface area contributed by atoms with Crippen molar-refractivity contribution < 1.29 is 14.3 Å². The van der Waals surface area contributed by atoms with E-state index >= 15 is 0 Å². The molecule has 1 N–H and O–H groups in total. The summed E-state index contributed by atoms with van der Waals surface area (Å²) in [5.74, 6) is 0.238. The van der Waals surface area contributed by atoms with Crippen LogP contribution in [-0.2, 0) is 4.79 Å². The molecule has 1 saturated heterocycles. The maximum atomic E-state index is 12.5. The molecule has 29 heavy (non-hydrogen) atoms. The third-order valence-corrected chi connectivity index (χ3v) is 5.65. The summed E-state index contributed by atoms with van der Waals surface area (Å²) >= 11 is 6.32. The van der Waals surface area contributed by atoms with Crippen molar-refractivity contribution in [3.63, 3.8) is 0 Å². The highest BCUT2D eigenvalue weighted by atomic mass is 35.5. The van der Waals surface area contributed by atoms with Gasteiger partial charge in [-0.2, -0.15) is 0 Å². The number of rotatable bonds is 6. The zero-order chi connectivity index (χ0) is 20.8. The first kappa shape index (κ1) is 21.1. The molecule has 7 heteroatoms. The lowest BCUT2D eigenvalue weighted by atomic mass is 10.1. The minimum absolute atomic E-state index is 0.0177. The van der Waals surface area contributed by atoms with Gasteiger partial charge in [0.15, 0.2) is 0 Å². The van der Waals surface area contributed by atoms with Crippen LogP contribution in [0.15, 0.2) is 48.5 Å². The number of carbonyl (C=O) groups is 2. The van der Waals surface area contributed by atoms with Crippen LogP contribution in [0.25, 0.3) is 0 Å². The van der Waals surface area contributed by atoms with E-state index in [4.69, 9.17) is 16.3 Å². The van der Waals surface area contributed by atoms with Gasteiger partial charge in [-0.15, -0.1) is 0 Å². The van der Waals surface area contributed by atoms with Crippen LogP contribution in [0, 0.1) is 0 Å². The van der Waals surface area contributed by atoms with E-state index in [1.807, 2.05) is 24.3 Å². The second-order valence-electron chi connectivity index (χ2n) is 7.03. The number of nitrogens with zero attached hydrogens (tertiary/aromatic N) is 2. The fourth-order valence-corrected chi connectivity index (χ4v) is 3.80. The third kappa shape index (κ3) is 5.28. The Morgan fingerprint density at radius 2 is 1.83 bits per heavy atom. The van der Waals surface area contributed by atoms with Gasteiger partial charge in [-0.1, -0.05) is 35.9 Å². The van der Waals surface area contributed by atoms with Gasteiger partial charge in [0.05, 0.1) is 13.7 Å². The number of carbonyl (C=O) groups excluding carboxylic acids is 2. The van der Waals surface area contributed by atoms with E-state index in [1.54, 1.807) is 36.3 Å². The average Bonchev–Trinajstić information content (AvgIpc) is 2.77. The fourth-order valence-electron chi connectivity index (χ4n) is 3.50. The Bertz CT molecular complexity index is 866. The van der Waals surface area contributed by atoms with E-state index in [0.29, 0.717) is 24.4 Å². The quantitative estimate of drug-likeness (QED) is 0.787. The maximum Gasteiger partial charge on any atom is 0.251 e. The number of hydrogen-bond donors (Lipinski definition) is 1. The minimum atomic E-state index is -0.289. The Kier molecular flexibility index (Phi) is 7.12. The highest BCUT2D eigenvalue weighted by molar-refractivity contribution is 6.31. The number of ether oxygens (including phenoxy) is 1. The molecule has 3 rings (SSSR count). The molecule has 0 saturated carbocycles. The van der Waals surface area contributed by atoms with Crippen molar-refractivity contribution in [1.82, 2.24) is 15.1 Å². The standard InChI is InChI=1S/C22H26ClN3O3/c1-16(19-8-3-4-9-20(19)23)25-10-12-26(13-11-25)21(27)15-24-22(28)17-6-5-7-18(14-17)29-2/h3-9,14,16H,10-13,15H2,1-2H3,(H,24,28). The summed E-state index contributed by atoms with van der Waals surface area (Å²) < 4.78 is 5.13. The molecule has 1 fully saturated rings. The second kappa shape index (κ2) is 9.76. The van der Waals surface area contributed by atoms with Crippen molar-refractivity contribution in [3.8, 4) is 5.75 Å². The summed E-state index contributed by atoms with van der Waals surface area (Å²) in [5, 5.41) is 3.46. The van der Waals surface area contributed by atoms with Gasteiger partial charge in [0.2, 0.25) is 5.91 Å². The monoisotopic (exact) mass is 415 g/mol. The number of methoxy groups -OCH3 is 1. The number of piperazine rings is 1. The molecular weight excluding hydrogens is 390 g/mol. The zero-order valence-electron chi connectivity index (χ0n) is 16.7. The summed E-state index contributed by atoms with van der Waals surface area (Å²) in [6, 6.07) is 14.9. The normalized spacial score (nSPS) is 15.6. The summed E-state index contributed by atoms with van der Waals surface area (Å²) in [7, 11) is 1.55. The SMILES string of the molecule is COc1cccc(C(=O)NCC(=O)N2CCN(C(C)c3ccccc3Cl)CC2)c1. The van der Waals surface area contributed by atoms with Crippen LogP contribution in [-0.4, -0.2) is 61.4 Å². The highest BCUT2D eigenvalue weighted by Gasteiger charge is 2.25. The molecule has 2 aromatic rings. The van der Waals surface area contributed by atoms with Crippen molar-refractivity contribution in [2.75, 3.05) is 39.8 Å². The van der Waals surface area contributed by atoms with Gasteiger partial charge in [-0.25, -0.2) is 0 Å². The number of halogens is 1. The third-order valence-electron chi connectivity index (χ3n) is 5.30. The van der Waals surface area contributed by atoms with Crippen LogP contribution >= 0.6 is 11.6 Å². The number of benzene rings is 2. The van der Waals surface area contributed by atoms with Crippen LogP contribution in [0.4, 0.5) is 0 Å². The molecule has 1 aliphatic heterocycles. The van der Waals surface area contributed by atoms with Crippen molar-refractivity contribution in [3.05, 3.63) is 64.7 Å². The predicted octanol–water partition coefficient (Wildman–Crippen LogP) is 2.98. The van der Waals surface area contributed by atoms with Gasteiger partial charge in [-0.3, -0.25) is 14.5 Å². The summed E-state index contributed by atoms with van der Waals surface area (Å²) in [4.78, 5) is 28.9. The lowest BCUT2D eigenvalue weighted by Gasteiger charge is -2.38. The molecule has 1 heterocycles. The van der Waals surface area contributed by atoms with Gasteiger partial charge in [-0.05, 0) is 36.8 Å². The Labute approximate surface area is 176 Å². The van der Waals surface area contributed by atoms with E-state index in [-0.39, 0.29) is 24.4 Å². The Morgan fingerprint density at radius 3 is 2.52 bits per heavy atom. The average molecular weight is 416 g/mol. The predicted molar refractivity (Wildman–Crippen MR) is 113 cm³/mol. The smallest absolute Gasteiger partial charge is 0.251 e. The Balaban J connectivity index is 1.48. The Morgan fingerprint density at radius 1 is 1.10 bits per heavy atom. The Hall–Kier alpha value is -2.57. The van der Waals surface area contributed by atoms with Crippen LogP contribution in [0.1, 0.15) is 28.9 Å². The van der Waals surface area contributed by atoms with Gasteiger partial charge in [0.25, 0.3) is 5.91 Å². The van der Waals surface area contributed by atoms with E-state index in [1.165, 1.54) is 0 Å². The van der Waals surface area contributed by atoms with Crippen LogP contribution in [0.5, 0.6) is 5.75 Å². The van der Waals surface area contributed by atoms with Gasteiger partial charge in [0, 0.05) is 42.8 Å². The molecule has 2 amide bonds. The number of hydrogen-bond acceptors (Lipinski definition) is 4. The van der Waals surface area contributed by atoms with Gasteiger partial charge in [0.1, 0.15) is 5.75 Å². The number of amides is 2. The molecule has 1 unspecified atom stereocenters. The molecule has 0 aliphatic carbocycles. The lowest BCUT2D eigenvalue weighted by molar-refractivity contribution is -0.132. The van der Waals surface area contributed by atoms with Crippen LogP contribution in [0.2, 0.25) is 5.02 Å². The minimum Gasteiger partial charge on any atom is -0.497 e. The molecule has 0 radical (unpaired) electrons. The van der Waals surface area contributed by atoms with Crippen molar-refractivity contribution >= 4 is 23.4 Å². The molecule has 1 aliphatic rings. The molecule has 1 atom stereocenters. The number of nitrogens with one attached hydrogen (secondary N) is 1. The first-order chi connectivity index (χ1) is 14.0. The molecule has 0 bridgehead atoms. The summed E-state index contributed by atoms with van der Waals surface area (Å²) in [6.07, 6.45) is 0. The lowest BCUT2D eigenvalue weighted by Crippen LogP contribution is -2.51. The van der Waals surface area contributed by atoms with Gasteiger partial charge < -0.3 is 15.0 Å². The van der Waals surface area contributed by atoms with E-state index in [9.17, 15) is 9.59 Å². The van der Waals surface area contributed by atoms with E-state index in [2.05, 4.69) is 17.1 Å². The molecule has 154 valence electrons. The molecule has 2 aromatic carbocycles. The van der Waals surface area contributed by atoms with Crippen molar-refractivity contribution in [2.45, 2.75) is 13.0 Å². The van der Waals surface area contributed by atoms with Crippen molar-refractivity contribution in [2.24, 2.45) is 0 Å². The van der Waals surface area contributed by atoms with E-state index in [0.717, 1.165) is 23.7 Å². The summed E-state index contributed by atoms with van der Waals surface area (Å²) in [5.41, 5.74) is 1.56. The van der Waals surface area contributed by atoms with Crippen LogP contribution in [0.3, 0.4) is 0 Å². The second-order valence-corrected chi connectivity index (χ2v) is 7.44. The summed E-state index contributed by atoms with van der Waals surface area (Å²) in [6.45, 7) is 4.90. The molecular formula is C22H26ClN3O3. The molecule has 0 aromatic heterocycles. The largest absolute Gasteiger partial charge is 0.497 e. The van der Waals surface area contributed by atoms with Gasteiger partial charge >= 0.3 is 0 Å². The van der Waals surface area contributed by atoms with Crippen molar-refractivity contribution in [1.29, 1.82) is 0 Å². The molecule has 0 spiro atoms. The zero-order valence-corrected chi connectivity index (χ0v) is 17.5. The van der Waals surface area contributed by atoms with E-state index < -0.39 is 0 Å².